The standard InChI is InChI=1S/C40H56/c1-31(19-13-21-33(3)25-27-37-35(5)23-15-29-39(37,7)8)17-11-12-18-32(2)20-14-22-34(4)26-28-38-36(6)24-16-30-40(38,9)10/h13-14,17-22,25,27-28,36H,15-16,23-24,26,29-30H2,1-10H3/b19-13+,20-14-,27-25+,31-17+,32-18+,33-21+,34-22+,38-28+. The lowest BCUT2D eigenvalue weighted by Crippen LogP contribution is -2.24. The minimum Gasteiger partial charge on any atom is -0.0805 e. The molecular formula is C40H56. The van der Waals surface area contributed by atoms with Gasteiger partial charge in [0.25, 0.3) is 0 Å². The van der Waals surface area contributed by atoms with Crippen LogP contribution in [0.5, 0.6) is 0 Å². The molecule has 40 heavy (non-hydrogen) atoms. The van der Waals surface area contributed by atoms with Crippen LogP contribution < -0.4 is 0 Å². The van der Waals surface area contributed by atoms with Crippen molar-refractivity contribution in [3.8, 4) is 11.8 Å². The Morgan fingerprint density at radius 3 is 2.00 bits per heavy atom. The second kappa shape index (κ2) is 15.9. The summed E-state index contributed by atoms with van der Waals surface area (Å²) < 4.78 is 0. The van der Waals surface area contributed by atoms with Gasteiger partial charge in [0.05, 0.1) is 0 Å². The van der Waals surface area contributed by atoms with Crippen molar-refractivity contribution in [1.29, 1.82) is 0 Å². The first kappa shape index (κ1) is 33.4. The highest BCUT2D eigenvalue weighted by Gasteiger charge is 2.30. The topological polar surface area (TPSA) is 0 Å². The van der Waals surface area contributed by atoms with Crippen molar-refractivity contribution < 1.29 is 0 Å². The van der Waals surface area contributed by atoms with Crippen LogP contribution in [-0.4, -0.2) is 0 Å². The molecule has 0 saturated heterocycles. The maximum absolute atomic E-state index is 3.17. The summed E-state index contributed by atoms with van der Waals surface area (Å²) in [5.41, 5.74) is 10.3. The number of allylic oxidation sites excluding steroid dienone is 18. The van der Waals surface area contributed by atoms with E-state index in [0.717, 1.165) is 17.6 Å². The highest BCUT2D eigenvalue weighted by molar-refractivity contribution is 5.38. The first-order valence-corrected chi connectivity index (χ1v) is 15.4. The van der Waals surface area contributed by atoms with E-state index in [9.17, 15) is 0 Å². The minimum atomic E-state index is 0.286. The molecule has 2 aliphatic carbocycles. The molecule has 2 rings (SSSR count). The summed E-state index contributed by atoms with van der Waals surface area (Å²) in [4.78, 5) is 0. The molecule has 1 unspecified atom stereocenters. The molecule has 0 spiro atoms. The molecule has 0 amide bonds. The fourth-order valence-corrected chi connectivity index (χ4v) is 6.04. The molecule has 0 aliphatic heterocycles. The van der Waals surface area contributed by atoms with Gasteiger partial charge in [-0.05, 0) is 119 Å². The Balaban J connectivity index is 1.88. The molecule has 0 heteroatoms. The lowest BCUT2D eigenvalue weighted by atomic mass is 9.68. The Morgan fingerprint density at radius 1 is 0.800 bits per heavy atom. The van der Waals surface area contributed by atoms with Gasteiger partial charge in [0.2, 0.25) is 0 Å². The summed E-state index contributed by atoms with van der Waals surface area (Å²) in [6.45, 7) is 22.8. The van der Waals surface area contributed by atoms with Gasteiger partial charge in [-0.15, -0.1) is 0 Å². The quantitative estimate of drug-likeness (QED) is 0.164. The van der Waals surface area contributed by atoms with Crippen molar-refractivity contribution >= 4 is 0 Å². The average molecular weight is 537 g/mol. The molecule has 0 aromatic carbocycles. The van der Waals surface area contributed by atoms with Crippen molar-refractivity contribution in [2.24, 2.45) is 16.7 Å². The molecule has 0 bridgehead atoms. The van der Waals surface area contributed by atoms with E-state index in [1.807, 2.05) is 12.2 Å². The van der Waals surface area contributed by atoms with Gasteiger partial charge in [-0.1, -0.05) is 130 Å². The van der Waals surface area contributed by atoms with Gasteiger partial charge in [0, 0.05) is 0 Å². The predicted molar refractivity (Wildman–Crippen MR) is 180 cm³/mol. The van der Waals surface area contributed by atoms with E-state index in [0.29, 0.717) is 11.3 Å². The molecule has 1 fully saturated rings. The van der Waals surface area contributed by atoms with E-state index < -0.39 is 0 Å². The third-order valence-electron chi connectivity index (χ3n) is 8.59. The summed E-state index contributed by atoms with van der Waals surface area (Å²) in [6, 6.07) is 0. The van der Waals surface area contributed by atoms with E-state index >= 15 is 0 Å². The van der Waals surface area contributed by atoms with Crippen LogP contribution in [0.1, 0.15) is 114 Å². The Labute approximate surface area is 248 Å². The first-order chi connectivity index (χ1) is 18.8. The monoisotopic (exact) mass is 536 g/mol. The molecular weight excluding hydrogens is 480 g/mol. The highest BCUT2D eigenvalue weighted by atomic mass is 14.4. The fourth-order valence-electron chi connectivity index (χ4n) is 6.04. The van der Waals surface area contributed by atoms with Crippen molar-refractivity contribution in [3.63, 3.8) is 0 Å². The smallest absolute Gasteiger partial charge is 0.00860 e. The predicted octanol–water partition coefficient (Wildman–Crippen LogP) is 12.1. The minimum absolute atomic E-state index is 0.286. The molecule has 0 aromatic rings. The van der Waals surface area contributed by atoms with Gasteiger partial charge in [-0.3, -0.25) is 0 Å². The Kier molecular flexibility index (Phi) is 13.3. The molecule has 1 saturated carbocycles. The normalized spacial score (nSPS) is 23.9. The summed E-state index contributed by atoms with van der Waals surface area (Å²) in [5.74, 6) is 7.05. The summed E-state index contributed by atoms with van der Waals surface area (Å²) >= 11 is 0. The zero-order valence-electron chi connectivity index (χ0n) is 27.4. The molecule has 0 N–H and O–H groups in total. The number of rotatable bonds is 8. The molecule has 216 valence electrons. The van der Waals surface area contributed by atoms with Crippen LogP contribution in [0.3, 0.4) is 0 Å². The molecule has 2 aliphatic rings. The number of hydrogen-bond donors (Lipinski definition) is 0. The summed E-state index contributed by atoms with van der Waals surface area (Å²) in [5, 5.41) is 0. The summed E-state index contributed by atoms with van der Waals surface area (Å²) in [6.07, 6.45) is 32.8. The van der Waals surface area contributed by atoms with E-state index in [4.69, 9.17) is 0 Å². The lowest BCUT2D eigenvalue weighted by Gasteiger charge is -2.37. The van der Waals surface area contributed by atoms with Crippen molar-refractivity contribution in [2.75, 3.05) is 0 Å². The zero-order chi connectivity index (χ0) is 29.8. The van der Waals surface area contributed by atoms with Gasteiger partial charge >= 0.3 is 0 Å². The zero-order valence-corrected chi connectivity index (χ0v) is 27.4. The van der Waals surface area contributed by atoms with Crippen molar-refractivity contribution in [2.45, 2.75) is 114 Å². The fraction of sp³-hybridized carbons (Fsp3) is 0.500. The van der Waals surface area contributed by atoms with Crippen LogP contribution in [0, 0.1) is 28.6 Å². The van der Waals surface area contributed by atoms with Crippen LogP contribution in [0.15, 0.2) is 106 Å². The summed E-state index contributed by atoms with van der Waals surface area (Å²) in [7, 11) is 0. The molecule has 0 heterocycles. The third-order valence-corrected chi connectivity index (χ3v) is 8.59. The third kappa shape index (κ3) is 11.4. The highest BCUT2D eigenvalue weighted by Crippen LogP contribution is 2.43. The molecule has 1 atom stereocenters. The Morgan fingerprint density at radius 2 is 1.40 bits per heavy atom. The second-order valence-electron chi connectivity index (χ2n) is 13.5. The SMILES string of the molecule is CC1=C(/C=C/C(C)=C/C=C/C(C)=C/C#C/C=C(C)/C=C\C=C(/C)C/C=C2\C(C)CCCC2(C)C)C(C)(C)CCC1. The van der Waals surface area contributed by atoms with Crippen molar-refractivity contribution in [3.05, 3.63) is 106 Å². The lowest BCUT2D eigenvalue weighted by molar-refractivity contribution is 0.288. The molecule has 0 aromatic heterocycles. The Hall–Kier alpha value is -2.78. The van der Waals surface area contributed by atoms with Crippen LogP contribution in [0.25, 0.3) is 0 Å². The van der Waals surface area contributed by atoms with Crippen LogP contribution in [-0.2, 0) is 0 Å². The average Bonchev–Trinajstić information content (AvgIpc) is 2.85. The van der Waals surface area contributed by atoms with Crippen LogP contribution in [0.2, 0.25) is 0 Å². The van der Waals surface area contributed by atoms with Crippen LogP contribution in [0.4, 0.5) is 0 Å². The van der Waals surface area contributed by atoms with Gasteiger partial charge in [-0.2, -0.15) is 0 Å². The number of hydrogen-bond acceptors (Lipinski definition) is 0. The molecule has 0 nitrogen and oxygen atoms in total. The van der Waals surface area contributed by atoms with Gasteiger partial charge < -0.3 is 0 Å². The van der Waals surface area contributed by atoms with E-state index in [1.54, 1.807) is 11.1 Å². The van der Waals surface area contributed by atoms with E-state index in [2.05, 4.69) is 136 Å². The van der Waals surface area contributed by atoms with Crippen LogP contribution >= 0.6 is 0 Å². The van der Waals surface area contributed by atoms with Gasteiger partial charge in [-0.25, -0.2) is 0 Å². The maximum Gasteiger partial charge on any atom is -0.00860 e. The second-order valence-corrected chi connectivity index (χ2v) is 13.5. The van der Waals surface area contributed by atoms with Gasteiger partial charge in [0.15, 0.2) is 0 Å². The maximum atomic E-state index is 3.17. The van der Waals surface area contributed by atoms with E-state index in [-0.39, 0.29) is 5.41 Å². The largest absolute Gasteiger partial charge is 0.0805 e. The Bertz CT molecular complexity index is 1210. The van der Waals surface area contributed by atoms with Crippen molar-refractivity contribution in [1.82, 2.24) is 0 Å². The first-order valence-electron chi connectivity index (χ1n) is 15.4. The molecule has 0 radical (unpaired) electrons. The van der Waals surface area contributed by atoms with Gasteiger partial charge in [0.1, 0.15) is 0 Å². The van der Waals surface area contributed by atoms with E-state index in [1.165, 1.54) is 55.2 Å².